The summed E-state index contributed by atoms with van der Waals surface area (Å²) >= 11 is 0. The third-order valence-electron chi connectivity index (χ3n) is 2.86. The molecule has 2 aromatic rings. The summed E-state index contributed by atoms with van der Waals surface area (Å²) in [6.45, 7) is 1.85. The minimum absolute atomic E-state index is 0.0361. The van der Waals surface area contributed by atoms with E-state index < -0.39 is 4.92 Å². The van der Waals surface area contributed by atoms with Crippen molar-refractivity contribution in [3.63, 3.8) is 0 Å². The van der Waals surface area contributed by atoms with Crippen molar-refractivity contribution >= 4 is 5.69 Å². The molecule has 1 unspecified atom stereocenters. The summed E-state index contributed by atoms with van der Waals surface area (Å²) in [7, 11) is 3.39. The Morgan fingerprint density at radius 1 is 1.40 bits per heavy atom. The zero-order valence-electron chi connectivity index (χ0n) is 11.5. The maximum Gasteiger partial charge on any atom is 0.273 e. The summed E-state index contributed by atoms with van der Waals surface area (Å²) in [6, 6.07) is 4.26. The SMILES string of the molecule is COc1ccc([N+](=O)[O-])cc1OC(C)[n+]1ccn(C)c1. The molecule has 0 spiro atoms. The Morgan fingerprint density at radius 3 is 2.70 bits per heavy atom. The number of imidazole rings is 1. The fourth-order valence-electron chi connectivity index (χ4n) is 1.80. The first-order valence-corrected chi connectivity index (χ1v) is 6.03. The van der Waals surface area contributed by atoms with Crippen LogP contribution in [0.5, 0.6) is 11.5 Å². The van der Waals surface area contributed by atoms with Crippen LogP contribution in [0.4, 0.5) is 5.69 Å². The highest BCUT2D eigenvalue weighted by Crippen LogP contribution is 2.32. The summed E-state index contributed by atoms with van der Waals surface area (Å²) in [4.78, 5) is 10.3. The van der Waals surface area contributed by atoms with Crippen LogP contribution >= 0.6 is 0 Å². The lowest BCUT2D eigenvalue weighted by atomic mass is 10.3. The third kappa shape index (κ3) is 2.87. The Hall–Kier alpha value is -2.57. The summed E-state index contributed by atoms with van der Waals surface area (Å²) < 4.78 is 14.6. The van der Waals surface area contributed by atoms with Gasteiger partial charge in [0, 0.05) is 13.0 Å². The second-order valence-electron chi connectivity index (χ2n) is 4.34. The Labute approximate surface area is 116 Å². The van der Waals surface area contributed by atoms with Gasteiger partial charge >= 0.3 is 0 Å². The van der Waals surface area contributed by atoms with Gasteiger partial charge in [-0.25, -0.2) is 4.57 Å². The van der Waals surface area contributed by atoms with Crippen molar-refractivity contribution in [2.24, 2.45) is 7.05 Å². The van der Waals surface area contributed by atoms with Gasteiger partial charge in [0.1, 0.15) is 12.4 Å². The molecule has 20 heavy (non-hydrogen) atoms. The van der Waals surface area contributed by atoms with Gasteiger partial charge in [-0.1, -0.05) is 0 Å². The van der Waals surface area contributed by atoms with Crippen LogP contribution in [0.15, 0.2) is 36.9 Å². The number of nitro benzene ring substituents is 1. The van der Waals surface area contributed by atoms with E-state index in [-0.39, 0.29) is 11.9 Å². The molecule has 0 aliphatic rings. The molecule has 2 rings (SSSR count). The molecule has 0 N–H and O–H groups in total. The highest BCUT2D eigenvalue weighted by Gasteiger charge is 2.18. The quantitative estimate of drug-likeness (QED) is 0.475. The van der Waals surface area contributed by atoms with Gasteiger partial charge in [-0.05, 0) is 6.07 Å². The van der Waals surface area contributed by atoms with Crippen molar-refractivity contribution in [3.05, 3.63) is 47.0 Å². The Bertz CT molecular complexity index is 624. The zero-order valence-corrected chi connectivity index (χ0v) is 11.5. The van der Waals surface area contributed by atoms with Gasteiger partial charge in [-0.3, -0.25) is 10.1 Å². The second-order valence-corrected chi connectivity index (χ2v) is 4.34. The highest BCUT2D eigenvalue weighted by molar-refractivity contribution is 5.48. The average molecular weight is 278 g/mol. The summed E-state index contributed by atoms with van der Waals surface area (Å²) in [6.07, 6.45) is 5.28. The molecule has 0 aliphatic heterocycles. The molecular formula is C13H16N3O4+. The molecule has 1 heterocycles. The minimum Gasteiger partial charge on any atom is -0.493 e. The van der Waals surface area contributed by atoms with Gasteiger partial charge in [0.05, 0.1) is 25.1 Å². The third-order valence-corrected chi connectivity index (χ3v) is 2.86. The molecule has 0 amide bonds. The number of hydrogen-bond donors (Lipinski definition) is 0. The number of ether oxygens (including phenoxy) is 2. The predicted molar refractivity (Wildman–Crippen MR) is 70.6 cm³/mol. The van der Waals surface area contributed by atoms with E-state index in [4.69, 9.17) is 9.47 Å². The number of aryl methyl sites for hydroxylation is 1. The van der Waals surface area contributed by atoms with Crippen molar-refractivity contribution < 1.29 is 19.0 Å². The van der Waals surface area contributed by atoms with E-state index in [1.165, 1.54) is 25.3 Å². The van der Waals surface area contributed by atoms with E-state index in [2.05, 4.69) is 0 Å². The van der Waals surface area contributed by atoms with Gasteiger partial charge in [0.15, 0.2) is 11.5 Å². The Kier molecular flexibility index (Phi) is 3.88. The van der Waals surface area contributed by atoms with Crippen molar-refractivity contribution in [1.29, 1.82) is 0 Å². The van der Waals surface area contributed by atoms with Crippen LogP contribution in [-0.2, 0) is 7.05 Å². The monoisotopic (exact) mass is 278 g/mol. The Morgan fingerprint density at radius 2 is 2.15 bits per heavy atom. The largest absolute Gasteiger partial charge is 0.493 e. The number of rotatable bonds is 5. The number of methoxy groups -OCH3 is 1. The van der Waals surface area contributed by atoms with E-state index in [1.807, 2.05) is 41.8 Å². The fraction of sp³-hybridized carbons (Fsp3) is 0.308. The van der Waals surface area contributed by atoms with Crippen LogP contribution in [0.3, 0.4) is 0 Å². The molecular weight excluding hydrogens is 262 g/mol. The van der Waals surface area contributed by atoms with Crippen LogP contribution in [0, 0.1) is 10.1 Å². The smallest absolute Gasteiger partial charge is 0.273 e. The molecule has 1 aromatic heterocycles. The van der Waals surface area contributed by atoms with E-state index in [0.717, 1.165) is 0 Å². The van der Waals surface area contributed by atoms with Crippen LogP contribution in [0.2, 0.25) is 0 Å². The van der Waals surface area contributed by atoms with E-state index >= 15 is 0 Å². The predicted octanol–water partition coefficient (Wildman–Crippen LogP) is 1.83. The highest BCUT2D eigenvalue weighted by atomic mass is 16.6. The fourth-order valence-corrected chi connectivity index (χ4v) is 1.80. The molecule has 7 heteroatoms. The lowest BCUT2D eigenvalue weighted by Gasteiger charge is -2.14. The van der Waals surface area contributed by atoms with Crippen LogP contribution in [0.25, 0.3) is 0 Å². The maximum atomic E-state index is 10.8. The minimum atomic E-state index is -0.466. The summed E-state index contributed by atoms with van der Waals surface area (Å²) in [5, 5.41) is 10.8. The number of aromatic nitrogens is 2. The molecule has 0 radical (unpaired) electrons. The van der Waals surface area contributed by atoms with Gasteiger partial charge in [-0.2, -0.15) is 4.57 Å². The number of benzene rings is 1. The molecule has 7 nitrogen and oxygen atoms in total. The molecule has 1 atom stereocenters. The van der Waals surface area contributed by atoms with E-state index in [9.17, 15) is 10.1 Å². The normalized spacial score (nSPS) is 11.9. The van der Waals surface area contributed by atoms with Gasteiger partial charge in [0.25, 0.3) is 5.69 Å². The average Bonchev–Trinajstić information content (AvgIpc) is 2.85. The van der Waals surface area contributed by atoms with Crippen molar-refractivity contribution in [2.45, 2.75) is 13.2 Å². The molecule has 0 fully saturated rings. The molecule has 1 aromatic carbocycles. The van der Waals surface area contributed by atoms with Crippen molar-refractivity contribution in [1.82, 2.24) is 4.57 Å². The Balaban J connectivity index is 2.27. The molecule has 0 saturated carbocycles. The van der Waals surface area contributed by atoms with Gasteiger partial charge in [0.2, 0.25) is 12.6 Å². The lowest BCUT2D eigenvalue weighted by molar-refractivity contribution is -0.749. The van der Waals surface area contributed by atoms with Gasteiger partial charge < -0.3 is 9.47 Å². The molecule has 106 valence electrons. The molecule has 0 aliphatic carbocycles. The number of nitro groups is 1. The first kappa shape index (κ1) is 13.9. The van der Waals surface area contributed by atoms with Crippen molar-refractivity contribution in [3.8, 4) is 11.5 Å². The molecule has 0 saturated heterocycles. The summed E-state index contributed by atoms with van der Waals surface area (Å²) in [5.41, 5.74) is -0.0361. The number of non-ortho nitro benzene ring substituents is 1. The summed E-state index contributed by atoms with van der Waals surface area (Å²) in [5.74, 6) is 0.796. The first-order valence-electron chi connectivity index (χ1n) is 6.03. The van der Waals surface area contributed by atoms with Crippen molar-refractivity contribution in [2.75, 3.05) is 7.11 Å². The maximum absolute atomic E-state index is 10.8. The van der Waals surface area contributed by atoms with E-state index in [1.54, 1.807) is 0 Å². The standard InChI is InChI=1S/C13H16N3O4/c1-10(15-7-6-14(2)9-15)20-13-8-11(16(17)18)4-5-12(13)19-3/h4-10H,1-3H3/q+1. The number of hydrogen-bond acceptors (Lipinski definition) is 4. The second kappa shape index (κ2) is 5.60. The topological polar surface area (TPSA) is 70.4 Å². The first-order chi connectivity index (χ1) is 9.51. The number of nitrogens with zero attached hydrogens (tertiary/aromatic N) is 3. The van der Waals surface area contributed by atoms with Gasteiger partial charge in [-0.15, -0.1) is 0 Å². The zero-order chi connectivity index (χ0) is 14.7. The molecule has 0 bridgehead atoms. The van der Waals surface area contributed by atoms with Crippen LogP contribution in [0.1, 0.15) is 13.2 Å². The van der Waals surface area contributed by atoms with Crippen LogP contribution < -0.4 is 14.0 Å². The lowest BCUT2D eigenvalue weighted by Crippen LogP contribution is -2.39. The van der Waals surface area contributed by atoms with Crippen LogP contribution in [-0.4, -0.2) is 16.6 Å². The van der Waals surface area contributed by atoms with E-state index in [0.29, 0.717) is 11.5 Å².